The molecule has 7 unspecified atom stereocenters. The summed E-state index contributed by atoms with van der Waals surface area (Å²) in [7, 11) is 0. The Kier molecular flexibility index (Phi) is 18.0. The summed E-state index contributed by atoms with van der Waals surface area (Å²) < 4.78 is 29.5. The number of piperazine rings is 1. The number of Topliss-reactive ketones (excluding diaryl/α,β-unsaturated/α-hetero) is 1. The second-order valence-electron chi connectivity index (χ2n) is 18.5. The quantitative estimate of drug-likeness (QED) is 0.0937. The molecule has 1 aromatic rings. The molecule has 0 aromatic heterocycles. The average molecular weight is 890 g/mol. The molecular formula is C50H71N3O11. The Morgan fingerprint density at radius 2 is 1.55 bits per heavy atom. The van der Waals surface area contributed by atoms with Crippen LogP contribution in [0.5, 0.6) is 0 Å². The normalized spacial score (nSPS) is 24.0. The number of rotatable bonds is 17. The van der Waals surface area contributed by atoms with E-state index in [0.29, 0.717) is 25.1 Å². The Balaban J connectivity index is 1.66. The molecule has 4 rings (SSSR count). The van der Waals surface area contributed by atoms with Crippen molar-refractivity contribution >= 4 is 47.9 Å². The summed E-state index contributed by atoms with van der Waals surface area (Å²) in [5.74, 6) is -2.73. The number of likely N-dealkylation sites (N-methyl/N-ethyl adjacent to an activating group) is 1. The number of nitrogens with zero attached hydrogens (tertiary/aromatic N) is 3. The van der Waals surface area contributed by atoms with Gasteiger partial charge in [0.2, 0.25) is 5.91 Å². The van der Waals surface area contributed by atoms with E-state index < -0.39 is 65.4 Å². The first-order valence-corrected chi connectivity index (χ1v) is 22.6. The number of allylic oxidation sites excluding steroid dienone is 3. The molecule has 0 spiro atoms. The van der Waals surface area contributed by atoms with Crippen LogP contribution in [0.1, 0.15) is 113 Å². The molecule has 0 N–H and O–H groups in total. The number of hydrogen-bond donors (Lipinski definition) is 0. The Morgan fingerprint density at radius 1 is 0.906 bits per heavy atom. The first-order valence-electron chi connectivity index (χ1n) is 22.6. The molecule has 0 saturated carbocycles. The molecule has 0 radical (unpaired) electrons. The van der Waals surface area contributed by atoms with Crippen LogP contribution in [0.4, 0.5) is 0 Å². The van der Waals surface area contributed by atoms with Gasteiger partial charge in [0.15, 0.2) is 11.9 Å². The smallest absolute Gasteiger partial charge is 0.303 e. The Hall–Kier alpha value is -4.95. The van der Waals surface area contributed by atoms with E-state index in [-0.39, 0.29) is 36.6 Å². The maximum atomic E-state index is 13.5. The maximum Gasteiger partial charge on any atom is 0.303 e. The standard InChI is InChI=1S/C50H71N3O11/c1-14-30(3)44-32(5)45(62-35(8)56)41(46-47(63-36(9)57)42(61-34(7)55)27-40(64-46)29-60-33(6)54)26-39(44)25-38-17-16-37(24-31(38)4)18-19-49(10,11)43(58)28-51-50(12,13)48(59)53-22-20-52(15-2)21-23-53/h16-19,24,26,28,30,32,40,42,45-47H,14-15,20-23,25,27,29H2,1-13H3. The first-order chi connectivity index (χ1) is 30.0. The molecule has 1 amide bonds. The van der Waals surface area contributed by atoms with Crippen LogP contribution in [0.15, 0.2) is 52.1 Å². The molecule has 352 valence electrons. The third kappa shape index (κ3) is 13.5. The van der Waals surface area contributed by atoms with Gasteiger partial charge in [-0.05, 0) is 82.2 Å². The number of benzene rings is 1. The molecule has 64 heavy (non-hydrogen) atoms. The SMILES string of the molecule is CCC(C)C1=C(Cc2ccc(C=CC(C)(C)C(=O)C=NC(C)(C)C(=O)N3CCN(CC)CC3)cc2C)C=C(C2OC(COC(C)=O)CC(OC(C)=O)C2OC(C)=O)C(OC(C)=O)C1C. The lowest BCUT2D eigenvalue weighted by Gasteiger charge is -2.45. The molecule has 1 aliphatic carbocycles. The van der Waals surface area contributed by atoms with Crippen LogP contribution < -0.4 is 0 Å². The van der Waals surface area contributed by atoms with E-state index in [0.717, 1.165) is 53.9 Å². The van der Waals surface area contributed by atoms with Gasteiger partial charge >= 0.3 is 23.9 Å². The molecule has 14 heteroatoms. The van der Waals surface area contributed by atoms with E-state index >= 15 is 0 Å². The number of aryl methyl sites for hydroxylation is 1. The van der Waals surface area contributed by atoms with Crippen LogP contribution in [-0.4, -0.2) is 127 Å². The molecule has 14 nitrogen and oxygen atoms in total. The van der Waals surface area contributed by atoms with E-state index in [9.17, 15) is 28.8 Å². The van der Waals surface area contributed by atoms with Gasteiger partial charge in [0.1, 0.15) is 30.5 Å². The average Bonchev–Trinajstić information content (AvgIpc) is 3.22. The van der Waals surface area contributed by atoms with Crippen LogP contribution in [0.25, 0.3) is 6.08 Å². The minimum absolute atomic E-state index is 0.0897. The van der Waals surface area contributed by atoms with E-state index in [1.165, 1.54) is 33.9 Å². The largest absolute Gasteiger partial charge is 0.463 e. The zero-order valence-electron chi connectivity index (χ0n) is 40.3. The zero-order valence-corrected chi connectivity index (χ0v) is 40.3. The number of ether oxygens (including phenoxy) is 5. The van der Waals surface area contributed by atoms with Crippen LogP contribution >= 0.6 is 0 Å². The van der Waals surface area contributed by atoms with Crippen LogP contribution in [0, 0.1) is 24.2 Å². The van der Waals surface area contributed by atoms with Crippen molar-refractivity contribution in [3.8, 4) is 0 Å². The van der Waals surface area contributed by atoms with Gasteiger partial charge in [-0.1, -0.05) is 69.7 Å². The highest BCUT2D eigenvalue weighted by atomic mass is 16.6. The van der Waals surface area contributed by atoms with E-state index in [1.54, 1.807) is 13.8 Å². The zero-order chi connectivity index (χ0) is 47.7. The van der Waals surface area contributed by atoms with E-state index in [2.05, 4.69) is 42.8 Å². The molecule has 0 bridgehead atoms. The molecule has 2 aliphatic heterocycles. The summed E-state index contributed by atoms with van der Waals surface area (Å²) in [4.78, 5) is 85.0. The van der Waals surface area contributed by atoms with Crippen molar-refractivity contribution in [3.63, 3.8) is 0 Å². The number of hydrogen-bond acceptors (Lipinski definition) is 13. The van der Waals surface area contributed by atoms with Crippen LogP contribution in [0.2, 0.25) is 0 Å². The minimum Gasteiger partial charge on any atom is -0.463 e. The van der Waals surface area contributed by atoms with E-state index in [4.69, 9.17) is 23.7 Å². The van der Waals surface area contributed by atoms with Gasteiger partial charge in [-0.25, -0.2) is 0 Å². The van der Waals surface area contributed by atoms with Crippen molar-refractivity contribution in [1.29, 1.82) is 0 Å². The Bertz CT molecular complexity index is 2020. The van der Waals surface area contributed by atoms with Crippen molar-refractivity contribution in [2.75, 3.05) is 39.3 Å². The molecule has 2 heterocycles. The molecular weight excluding hydrogens is 819 g/mol. The van der Waals surface area contributed by atoms with Crippen molar-refractivity contribution in [2.24, 2.45) is 22.2 Å². The van der Waals surface area contributed by atoms with Crippen molar-refractivity contribution in [2.45, 2.75) is 145 Å². The number of aliphatic imine (C=N–C) groups is 1. The van der Waals surface area contributed by atoms with Gasteiger partial charge in [-0.3, -0.25) is 33.8 Å². The van der Waals surface area contributed by atoms with Gasteiger partial charge in [-0.15, -0.1) is 0 Å². The van der Waals surface area contributed by atoms with Gasteiger partial charge < -0.3 is 33.5 Å². The summed E-state index contributed by atoms with van der Waals surface area (Å²) in [5, 5.41) is 0. The second-order valence-corrected chi connectivity index (χ2v) is 18.5. The number of ketones is 1. The Morgan fingerprint density at radius 3 is 2.11 bits per heavy atom. The van der Waals surface area contributed by atoms with Crippen molar-refractivity contribution < 1.29 is 52.5 Å². The van der Waals surface area contributed by atoms with Crippen LogP contribution in [0.3, 0.4) is 0 Å². The Labute approximate surface area is 379 Å². The van der Waals surface area contributed by atoms with Crippen molar-refractivity contribution in [1.82, 2.24) is 9.80 Å². The highest BCUT2D eigenvalue weighted by molar-refractivity contribution is 6.30. The molecule has 7 atom stereocenters. The van der Waals surface area contributed by atoms with Gasteiger partial charge in [0.05, 0.1) is 12.3 Å². The molecule has 2 saturated heterocycles. The minimum atomic E-state index is -1.09. The van der Waals surface area contributed by atoms with Gasteiger partial charge in [0.25, 0.3) is 0 Å². The predicted octanol–water partition coefficient (Wildman–Crippen LogP) is 6.59. The lowest BCUT2D eigenvalue weighted by molar-refractivity contribution is -0.208. The highest BCUT2D eigenvalue weighted by Crippen LogP contribution is 2.43. The van der Waals surface area contributed by atoms with E-state index in [1.807, 2.05) is 56.9 Å². The predicted molar refractivity (Wildman–Crippen MR) is 244 cm³/mol. The fourth-order valence-electron chi connectivity index (χ4n) is 8.72. The fourth-order valence-corrected chi connectivity index (χ4v) is 8.72. The maximum absolute atomic E-state index is 13.5. The van der Waals surface area contributed by atoms with Gasteiger partial charge in [-0.2, -0.15) is 0 Å². The van der Waals surface area contributed by atoms with Crippen molar-refractivity contribution in [3.05, 3.63) is 63.8 Å². The number of carbonyl (C=O) groups is 6. The molecule has 1 aromatic carbocycles. The third-order valence-electron chi connectivity index (χ3n) is 12.6. The van der Waals surface area contributed by atoms with Gasteiger partial charge in [0, 0.05) is 77.2 Å². The molecule has 3 aliphatic rings. The topological polar surface area (TPSA) is 167 Å². The highest BCUT2D eigenvalue weighted by Gasteiger charge is 2.49. The summed E-state index contributed by atoms with van der Waals surface area (Å²) in [6, 6.07) is 6.12. The lowest BCUT2D eigenvalue weighted by atomic mass is 9.72. The number of amides is 1. The lowest BCUT2D eigenvalue weighted by Crippen LogP contribution is -2.55. The number of esters is 4. The monoisotopic (exact) mass is 890 g/mol. The molecule has 2 fully saturated rings. The summed E-state index contributed by atoms with van der Waals surface area (Å²) in [6.45, 7) is 26.4. The third-order valence-corrected chi connectivity index (χ3v) is 12.6. The summed E-state index contributed by atoms with van der Waals surface area (Å²) >= 11 is 0. The fraction of sp³-hybridized carbons (Fsp3) is 0.620. The second kappa shape index (κ2) is 22.3. The first kappa shape index (κ1) is 51.7. The van der Waals surface area contributed by atoms with Crippen LogP contribution in [-0.2, 0) is 58.9 Å². The summed E-state index contributed by atoms with van der Waals surface area (Å²) in [6.07, 6.45) is 3.87. The number of carbonyl (C=O) groups excluding carboxylic acids is 6. The summed E-state index contributed by atoms with van der Waals surface area (Å²) in [5.41, 5.74) is 3.62.